The molecule has 0 aliphatic heterocycles. The molecule has 1 saturated carbocycles. The van der Waals surface area contributed by atoms with Crippen molar-refractivity contribution in [3.8, 4) is 5.75 Å². The number of benzene rings is 1. The van der Waals surface area contributed by atoms with Gasteiger partial charge in [-0.1, -0.05) is 19.1 Å². The van der Waals surface area contributed by atoms with Crippen LogP contribution in [0.2, 0.25) is 0 Å². The van der Waals surface area contributed by atoms with Crippen LogP contribution in [0.5, 0.6) is 5.75 Å². The smallest absolute Gasteiger partial charge is 0.118 e. The highest BCUT2D eigenvalue weighted by Crippen LogP contribution is 2.27. The standard InChI is InChI=1S/C15H23NO2/c1-3-15(16-10-11-8-13(17)9-11)12-4-6-14(18-2)7-5-12/h4-7,11,13,15-17H,3,8-10H2,1-2H3. The Morgan fingerprint density at radius 1 is 1.33 bits per heavy atom. The number of nitrogens with one attached hydrogen (secondary N) is 1. The summed E-state index contributed by atoms with van der Waals surface area (Å²) in [5.41, 5.74) is 1.30. The lowest BCUT2D eigenvalue weighted by Crippen LogP contribution is -2.37. The minimum atomic E-state index is -0.0575. The third-order valence-electron chi connectivity index (χ3n) is 3.79. The predicted molar refractivity (Wildman–Crippen MR) is 72.8 cm³/mol. The Morgan fingerprint density at radius 2 is 2.00 bits per heavy atom. The first-order valence-corrected chi connectivity index (χ1v) is 6.78. The third-order valence-corrected chi connectivity index (χ3v) is 3.79. The minimum absolute atomic E-state index is 0.0575. The fourth-order valence-electron chi connectivity index (χ4n) is 2.51. The number of hydrogen-bond donors (Lipinski definition) is 2. The van der Waals surface area contributed by atoms with E-state index in [1.165, 1.54) is 5.56 Å². The van der Waals surface area contributed by atoms with E-state index in [-0.39, 0.29) is 6.10 Å². The van der Waals surface area contributed by atoms with Gasteiger partial charge in [0.1, 0.15) is 5.75 Å². The van der Waals surface area contributed by atoms with Crippen LogP contribution in [0.4, 0.5) is 0 Å². The van der Waals surface area contributed by atoms with Gasteiger partial charge < -0.3 is 15.2 Å². The fourth-order valence-corrected chi connectivity index (χ4v) is 2.51. The van der Waals surface area contributed by atoms with Gasteiger partial charge in [-0.15, -0.1) is 0 Å². The van der Waals surface area contributed by atoms with Crippen molar-refractivity contribution < 1.29 is 9.84 Å². The van der Waals surface area contributed by atoms with E-state index < -0.39 is 0 Å². The van der Waals surface area contributed by atoms with Gasteiger partial charge in [-0.05, 0) is 49.4 Å². The summed E-state index contributed by atoms with van der Waals surface area (Å²) in [5.74, 6) is 1.54. The molecule has 3 heteroatoms. The average Bonchev–Trinajstić information content (AvgIpc) is 2.37. The SMILES string of the molecule is CCC(NCC1CC(O)C1)c1ccc(OC)cc1. The summed E-state index contributed by atoms with van der Waals surface area (Å²) in [5, 5.41) is 12.9. The van der Waals surface area contributed by atoms with Crippen molar-refractivity contribution in [3.63, 3.8) is 0 Å². The Labute approximate surface area is 109 Å². The van der Waals surface area contributed by atoms with Crippen LogP contribution in [-0.4, -0.2) is 24.9 Å². The number of aliphatic hydroxyl groups excluding tert-OH is 1. The quantitative estimate of drug-likeness (QED) is 0.814. The summed E-state index contributed by atoms with van der Waals surface area (Å²) in [6.07, 6.45) is 2.91. The molecule has 0 spiro atoms. The lowest BCUT2D eigenvalue weighted by atomic mass is 9.82. The zero-order chi connectivity index (χ0) is 13.0. The van der Waals surface area contributed by atoms with Crippen LogP contribution in [-0.2, 0) is 0 Å². The van der Waals surface area contributed by atoms with E-state index in [4.69, 9.17) is 4.74 Å². The average molecular weight is 249 g/mol. The Balaban J connectivity index is 1.86. The number of methoxy groups -OCH3 is 1. The highest BCUT2D eigenvalue weighted by atomic mass is 16.5. The molecule has 1 aliphatic rings. The second kappa shape index (κ2) is 6.21. The van der Waals surface area contributed by atoms with Crippen molar-refractivity contribution in [2.24, 2.45) is 5.92 Å². The third kappa shape index (κ3) is 3.24. The Hall–Kier alpha value is -1.06. The van der Waals surface area contributed by atoms with E-state index in [1.54, 1.807) is 7.11 Å². The van der Waals surface area contributed by atoms with Gasteiger partial charge in [-0.2, -0.15) is 0 Å². The molecule has 3 nitrogen and oxygen atoms in total. The van der Waals surface area contributed by atoms with Crippen LogP contribution in [0, 0.1) is 5.92 Å². The van der Waals surface area contributed by atoms with Crippen molar-refractivity contribution in [1.82, 2.24) is 5.32 Å². The molecule has 2 N–H and O–H groups in total. The zero-order valence-corrected chi connectivity index (χ0v) is 11.2. The van der Waals surface area contributed by atoms with Gasteiger partial charge in [0.25, 0.3) is 0 Å². The predicted octanol–water partition coefficient (Wildman–Crippen LogP) is 2.51. The molecule has 100 valence electrons. The molecule has 1 aromatic rings. The monoisotopic (exact) mass is 249 g/mol. The second-order valence-corrected chi connectivity index (χ2v) is 5.13. The molecule has 0 saturated heterocycles. The van der Waals surface area contributed by atoms with Gasteiger partial charge in [0.15, 0.2) is 0 Å². The molecule has 1 fully saturated rings. The molecule has 1 aromatic carbocycles. The number of rotatable bonds is 6. The number of ether oxygens (including phenoxy) is 1. The molecule has 0 bridgehead atoms. The highest BCUT2D eigenvalue weighted by molar-refractivity contribution is 5.29. The van der Waals surface area contributed by atoms with Crippen LogP contribution in [0.15, 0.2) is 24.3 Å². The van der Waals surface area contributed by atoms with E-state index >= 15 is 0 Å². The molecule has 18 heavy (non-hydrogen) atoms. The van der Waals surface area contributed by atoms with E-state index in [2.05, 4.69) is 24.4 Å². The molecule has 1 unspecified atom stereocenters. The summed E-state index contributed by atoms with van der Waals surface area (Å²) in [6.45, 7) is 3.19. The lowest BCUT2D eigenvalue weighted by molar-refractivity contribution is 0.0418. The largest absolute Gasteiger partial charge is 0.497 e. The molecule has 1 atom stereocenters. The first kappa shape index (κ1) is 13.4. The van der Waals surface area contributed by atoms with Gasteiger partial charge in [-0.3, -0.25) is 0 Å². The van der Waals surface area contributed by atoms with Crippen LogP contribution in [0.3, 0.4) is 0 Å². The molecule has 2 rings (SSSR count). The van der Waals surface area contributed by atoms with Gasteiger partial charge in [0, 0.05) is 6.04 Å². The molecule has 0 amide bonds. The summed E-state index contributed by atoms with van der Waals surface area (Å²) in [7, 11) is 1.69. The molecular weight excluding hydrogens is 226 g/mol. The minimum Gasteiger partial charge on any atom is -0.497 e. The highest BCUT2D eigenvalue weighted by Gasteiger charge is 2.27. The van der Waals surface area contributed by atoms with Crippen LogP contribution >= 0.6 is 0 Å². The Morgan fingerprint density at radius 3 is 2.50 bits per heavy atom. The maximum Gasteiger partial charge on any atom is 0.118 e. The molecule has 0 heterocycles. The summed E-state index contributed by atoms with van der Waals surface area (Å²) in [4.78, 5) is 0. The van der Waals surface area contributed by atoms with Gasteiger partial charge in [0.05, 0.1) is 13.2 Å². The van der Waals surface area contributed by atoms with Crippen molar-refractivity contribution in [3.05, 3.63) is 29.8 Å². The maximum absolute atomic E-state index is 9.27. The molecular formula is C15H23NO2. The van der Waals surface area contributed by atoms with Crippen LogP contribution in [0.25, 0.3) is 0 Å². The summed E-state index contributed by atoms with van der Waals surface area (Å²) >= 11 is 0. The summed E-state index contributed by atoms with van der Waals surface area (Å²) in [6, 6.07) is 8.65. The van der Waals surface area contributed by atoms with Crippen LogP contribution in [0.1, 0.15) is 37.8 Å². The molecule has 1 aliphatic carbocycles. The van der Waals surface area contributed by atoms with Crippen molar-refractivity contribution in [1.29, 1.82) is 0 Å². The first-order valence-electron chi connectivity index (χ1n) is 6.78. The van der Waals surface area contributed by atoms with Gasteiger partial charge >= 0.3 is 0 Å². The fraction of sp³-hybridized carbons (Fsp3) is 0.600. The van der Waals surface area contributed by atoms with E-state index in [1.807, 2.05) is 12.1 Å². The van der Waals surface area contributed by atoms with E-state index in [9.17, 15) is 5.11 Å². The Kier molecular flexibility index (Phi) is 4.61. The van der Waals surface area contributed by atoms with Crippen molar-refractivity contribution in [2.75, 3.05) is 13.7 Å². The van der Waals surface area contributed by atoms with E-state index in [0.29, 0.717) is 12.0 Å². The molecule has 0 aromatic heterocycles. The van der Waals surface area contributed by atoms with Gasteiger partial charge in [0.2, 0.25) is 0 Å². The topological polar surface area (TPSA) is 41.5 Å². The normalized spacial score (nSPS) is 24.4. The lowest BCUT2D eigenvalue weighted by Gasteiger charge is -2.33. The van der Waals surface area contributed by atoms with Crippen molar-refractivity contribution in [2.45, 2.75) is 38.3 Å². The van der Waals surface area contributed by atoms with Gasteiger partial charge in [-0.25, -0.2) is 0 Å². The first-order chi connectivity index (χ1) is 8.72. The number of hydrogen-bond acceptors (Lipinski definition) is 3. The molecule has 0 radical (unpaired) electrons. The maximum atomic E-state index is 9.27. The van der Waals surface area contributed by atoms with E-state index in [0.717, 1.165) is 31.6 Å². The number of aliphatic hydroxyl groups is 1. The zero-order valence-electron chi connectivity index (χ0n) is 11.2. The summed E-state index contributed by atoms with van der Waals surface area (Å²) < 4.78 is 5.17. The second-order valence-electron chi connectivity index (χ2n) is 5.13. The van der Waals surface area contributed by atoms with Crippen LogP contribution < -0.4 is 10.1 Å². The Bertz CT molecular complexity index is 357. The van der Waals surface area contributed by atoms with Crippen molar-refractivity contribution >= 4 is 0 Å².